The molecule has 1 saturated heterocycles. The highest BCUT2D eigenvalue weighted by Crippen LogP contribution is 2.27. The van der Waals surface area contributed by atoms with E-state index in [4.69, 9.17) is 0 Å². The molecule has 0 bridgehead atoms. The van der Waals surface area contributed by atoms with Gasteiger partial charge in [0.25, 0.3) is 5.91 Å². The van der Waals surface area contributed by atoms with Gasteiger partial charge in [0.05, 0.1) is 18.7 Å². The zero-order chi connectivity index (χ0) is 29.9. The fourth-order valence-electron chi connectivity index (χ4n) is 5.82. The Balaban J connectivity index is 1.52. The number of hydrogen-bond acceptors (Lipinski definition) is 5. The summed E-state index contributed by atoms with van der Waals surface area (Å²) in [4.78, 5) is 42.7. The van der Waals surface area contributed by atoms with Gasteiger partial charge in [-0.05, 0) is 62.8 Å². The number of rotatable bonds is 13. The normalized spacial score (nSPS) is 17.0. The molecular weight excluding hydrogens is 530 g/mol. The molecular formula is C33H47N5O4. The molecule has 0 aromatic heterocycles. The van der Waals surface area contributed by atoms with Crippen molar-refractivity contribution in [1.29, 1.82) is 0 Å². The molecule has 42 heavy (non-hydrogen) atoms. The highest BCUT2D eigenvalue weighted by atomic mass is 16.3. The molecule has 2 fully saturated rings. The summed E-state index contributed by atoms with van der Waals surface area (Å²) in [6.07, 6.45) is 7.03. The molecule has 1 saturated carbocycles. The molecule has 2 aromatic carbocycles. The molecule has 0 spiro atoms. The van der Waals surface area contributed by atoms with Crippen LogP contribution in [0.5, 0.6) is 0 Å². The number of likely N-dealkylation sites (N-methyl/N-ethyl adjacent to an activating group) is 1. The second-order valence-corrected chi connectivity index (χ2v) is 11.5. The smallest absolute Gasteiger partial charge is 0.317 e. The Bertz CT molecular complexity index is 1180. The third-order valence-corrected chi connectivity index (χ3v) is 8.23. The van der Waals surface area contributed by atoms with Gasteiger partial charge in [0.1, 0.15) is 0 Å². The zero-order valence-electron chi connectivity index (χ0n) is 25.1. The van der Waals surface area contributed by atoms with Gasteiger partial charge in [-0.15, -0.1) is 0 Å². The second kappa shape index (κ2) is 15.6. The molecule has 9 heteroatoms. The molecule has 0 radical (unpaired) electrons. The number of amides is 4. The molecule has 2 aromatic rings. The van der Waals surface area contributed by atoms with Crippen LogP contribution >= 0.6 is 0 Å². The number of urea groups is 1. The van der Waals surface area contributed by atoms with Crippen LogP contribution in [-0.2, 0) is 11.2 Å². The van der Waals surface area contributed by atoms with Gasteiger partial charge in [0.2, 0.25) is 5.91 Å². The van der Waals surface area contributed by atoms with Crippen LogP contribution in [0.15, 0.2) is 48.5 Å². The molecule has 9 nitrogen and oxygen atoms in total. The van der Waals surface area contributed by atoms with Crippen LogP contribution in [0.3, 0.4) is 0 Å². The summed E-state index contributed by atoms with van der Waals surface area (Å²) in [7, 11) is 0. The molecule has 0 unspecified atom stereocenters. The molecule has 2 atom stereocenters. The van der Waals surface area contributed by atoms with Crippen molar-refractivity contribution in [2.24, 2.45) is 0 Å². The van der Waals surface area contributed by atoms with E-state index in [2.05, 4.69) is 22.9 Å². The van der Waals surface area contributed by atoms with Gasteiger partial charge in [-0.3, -0.25) is 9.59 Å². The summed E-state index contributed by atoms with van der Waals surface area (Å²) in [5.41, 5.74) is 2.85. The molecule has 4 N–H and O–H groups in total. The third kappa shape index (κ3) is 8.71. The lowest BCUT2D eigenvalue weighted by atomic mass is 9.96. The van der Waals surface area contributed by atoms with E-state index >= 15 is 0 Å². The van der Waals surface area contributed by atoms with E-state index in [1.54, 1.807) is 21.9 Å². The van der Waals surface area contributed by atoms with E-state index in [1.807, 2.05) is 43.3 Å². The van der Waals surface area contributed by atoms with Crippen LogP contribution in [0.2, 0.25) is 0 Å². The number of aliphatic hydroxyl groups excluding tert-OH is 1. The van der Waals surface area contributed by atoms with Crippen molar-refractivity contribution >= 4 is 29.2 Å². The van der Waals surface area contributed by atoms with Crippen molar-refractivity contribution < 1.29 is 19.5 Å². The van der Waals surface area contributed by atoms with Gasteiger partial charge >= 0.3 is 6.03 Å². The van der Waals surface area contributed by atoms with Crippen molar-refractivity contribution in [3.05, 3.63) is 59.7 Å². The van der Waals surface area contributed by atoms with Crippen LogP contribution in [0.25, 0.3) is 0 Å². The number of benzene rings is 2. The van der Waals surface area contributed by atoms with E-state index in [0.29, 0.717) is 37.2 Å². The number of anilines is 2. The van der Waals surface area contributed by atoms with E-state index < -0.39 is 12.1 Å². The third-order valence-electron chi connectivity index (χ3n) is 8.23. The molecule has 228 valence electrons. The Hall–Kier alpha value is -3.59. The molecule has 4 amide bonds. The Labute approximate surface area is 250 Å². The second-order valence-electron chi connectivity index (χ2n) is 11.5. The lowest BCUT2D eigenvalue weighted by Gasteiger charge is -2.32. The van der Waals surface area contributed by atoms with E-state index in [9.17, 15) is 19.5 Å². The Morgan fingerprint density at radius 3 is 2.48 bits per heavy atom. The maximum absolute atomic E-state index is 13.7. The van der Waals surface area contributed by atoms with Gasteiger partial charge in [0.15, 0.2) is 0 Å². The zero-order valence-corrected chi connectivity index (χ0v) is 25.1. The minimum atomic E-state index is -0.993. The number of nitrogens with zero attached hydrogens (tertiary/aromatic N) is 2. The maximum Gasteiger partial charge on any atom is 0.317 e. The first kappa shape index (κ1) is 31.3. The minimum Gasteiger partial charge on any atom is -0.389 e. The number of aliphatic hydroxyl groups is 1. The van der Waals surface area contributed by atoms with Crippen LogP contribution in [-0.4, -0.2) is 72.2 Å². The van der Waals surface area contributed by atoms with Crippen LogP contribution in [0, 0.1) is 0 Å². The Morgan fingerprint density at radius 2 is 1.81 bits per heavy atom. The number of carbonyl (C=O) groups is 3. The summed E-state index contributed by atoms with van der Waals surface area (Å²) >= 11 is 0. The van der Waals surface area contributed by atoms with Crippen molar-refractivity contribution in [3.63, 3.8) is 0 Å². The van der Waals surface area contributed by atoms with Gasteiger partial charge in [-0.25, -0.2) is 4.79 Å². The van der Waals surface area contributed by atoms with Gasteiger partial charge in [-0.2, -0.15) is 0 Å². The first-order valence-electron chi connectivity index (χ1n) is 15.7. The topological polar surface area (TPSA) is 114 Å². The minimum absolute atomic E-state index is 0.0533. The molecule has 2 aliphatic rings. The summed E-state index contributed by atoms with van der Waals surface area (Å²) in [5.74, 6) is -0.282. The fourth-order valence-corrected chi connectivity index (χ4v) is 5.82. The summed E-state index contributed by atoms with van der Waals surface area (Å²) in [6, 6.07) is 14.5. The average Bonchev–Trinajstić information content (AvgIpc) is 3.44. The summed E-state index contributed by atoms with van der Waals surface area (Å²) in [6.45, 7) is 5.87. The fraction of sp³-hybridized carbons (Fsp3) is 0.545. The molecule has 4 rings (SSSR count). The van der Waals surface area contributed by atoms with Crippen molar-refractivity contribution in [2.45, 2.75) is 89.8 Å². The summed E-state index contributed by atoms with van der Waals surface area (Å²) in [5, 5.41) is 21.0. The predicted octanol–water partition coefficient (Wildman–Crippen LogP) is 4.70. The van der Waals surface area contributed by atoms with Gasteiger partial charge in [-0.1, -0.05) is 56.5 Å². The first-order valence-corrected chi connectivity index (χ1v) is 15.7. The lowest BCUT2D eigenvalue weighted by molar-refractivity contribution is -0.117. The van der Waals surface area contributed by atoms with Gasteiger partial charge < -0.3 is 30.9 Å². The average molecular weight is 578 g/mol. The molecule has 1 heterocycles. The van der Waals surface area contributed by atoms with Crippen molar-refractivity contribution in [3.8, 4) is 0 Å². The first-order chi connectivity index (χ1) is 20.4. The van der Waals surface area contributed by atoms with Crippen LogP contribution < -0.4 is 20.9 Å². The van der Waals surface area contributed by atoms with Crippen molar-refractivity contribution in [1.82, 2.24) is 15.5 Å². The molecule has 1 aliphatic carbocycles. The van der Waals surface area contributed by atoms with E-state index in [1.165, 1.54) is 6.42 Å². The SMILES string of the molecule is CCCNc1cc(C(=O)N[C@@H](Cc2ccccc2)[C@@H](O)CN(CC)C(=O)NC2CCCCC2)cc(N2CCCC2=O)c1. The summed E-state index contributed by atoms with van der Waals surface area (Å²) < 4.78 is 0. The largest absolute Gasteiger partial charge is 0.389 e. The lowest BCUT2D eigenvalue weighted by Crippen LogP contribution is -2.53. The Kier molecular flexibility index (Phi) is 11.6. The van der Waals surface area contributed by atoms with E-state index in [-0.39, 0.29) is 30.4 Å². The Morgan fingerprint density at radius 1 is 1.05 bits per heavy atom. The highest BCUT2D eigenvalue weighted by molar-refractivity contribution is 6.00. The van der Waals surface area contributed by atoms with E-state index in [0.717, 1.165) is 56.3 Å². The van der Waals surface area contributed by atoms with Crippen LogP contribution in [0.4, 0.5) is 16.2 Å². The number of carbonyl (C=O) groups excluding carboxylic acids is 3. The highest BCUT2D eigenvalue weighted by Gasteiger charge is 2.28. The quantitative estimate of drug-likeness (QED) is 0.276. The standard InChI is InChI=1S/C33H47N5O4/c1-3-17-34-27-20-25(21-28(22-27)38-18-11-16-31(38)40)32(41)36-29(19-24-12-7-5-8-13-24)30(39)23-37(4-2)33(42)35-26-14-9-6-10-15-26/h5,7-8,12-13,20-22,26,29-30,34,39H,3-4,6,9-11,14-19,23H2,1-2H3,(H,35,42)(H,36,41)/t29-,30-/m0/s1. The monoisotopic (exact) mass is 577 g/mol. The van der Waals surface area contributed by atoms with Crippen molar-refractivity contribution in [2.75, 3.05) is 36.4 Å². The number of hydrogen-bond donors (Lipinski definition) is 4. The maximum atomic E-state index is 13.7. The van der Waals surface area contributed by atoms with Gasteiger partial charge in [0, 0.05) is 49.0 Å². The molecule has 1 aliphatic heterocycles. The van der Waals surface area contributed by atoms with Crippen LogP contribution in [0.1, 0.15) is 81.1 Å². The number of nitrogens with one attached hydrogen (secondary N) is 3. The predicted molar refractivity (Wildman–Crippen MR) is 167 cm³/mol.